The van der Waals surface area contributed by atoms with Gasteiger partial charge in [0.2, 0.25) is 0 Å². The van der Waals surface area contributed by atoms with Crippen LogP contribution >= 0.6 is 11.6 Å². The Hall–Kier alpha value is -1.38. The molecule has 0 heterocycles. The van der Waals surface area contributed by atoms with Crippen molar-refractivity contribution >= 4 is 11.6 Å². The van der Waals surface area contributed by atoms with Crippen molar-refractivity contribution in [3.8, 4) is 11.1 Å². The minimum atomic E-state index is -0.202. The van der Waals surface area contributed by atoms with Gasteiger partial charge in [0.25, 0.3) is 0 Å². The first kappa shape index (κ1) is 13.1. The number of hydrogen-bond donors (Lipinski definition) is 1. The Bertz CT molecular complexity index is 593. The molecule has 2 N–H and O–H groups in total. The molecule has 0 aromatic heterocycles. The predicted molar refractivity (Wildman–Crippen MR) is 74.2 cm³/mol. The third-order valence-corrected chi connectivity index (χ3v) is 3.33. The van der Waals surface area contributed by atoms with Gasteiger partial charge >= 0.3 is 0 Å². The highest BCUT2D eigenvalue weighted by atomic mass is 35.5. The summed E-state index contributed by atoms with van der Waals surface area (Å²) in [6.45, 7) is 4.17. The summed E-state index contributed by atoms with van der Waals surface area (Å²) in [5.41, 5.74) is 10.4. The summed E-state index contributed by atoms with van der Waals surface area (Å²) >= 11 is 6.09. The van der Waals surface area contributed by atoms with E-state index < -0.39 is 0 Å². The Balaban J connectivity index is 2.65. The predicted octanol–water partition coefficient (Wildman–Crippen LogP) is 4.22. The molecule has 0 atom stereocenters. The first-order valence-corrected chi connectivity index (χ1v) is 6.16. The van der Waals surface area contributed by atoms with Crippen LogP contribution in [0, 0.1) is 19.7 Å². The van der Waals surface area contributed by atoms with E-state index in [-0.39, 0.29) is 5.82 Å². The number of aryl methyl sites for hydroxylation is 2. The van der Waals surface area contributed by atoms with E-state index in [4.69, 9.17) is 17.3 Å². The standard InChI is InChI=1S/C15H15ClFN/c1-9-6-12(16)7-13(14(9)8-18)11-3-4-15(17)10(2)5-11/h3-7H,8,18H2,1-2H3. The molecule has 1 nitrogen and oxygen atoms in total. The van der Waals surface area contributed by atoms with Gasteiger partial charge < -0.3 is 5.73 Å². The quantitative estimate of drug-likeness (QED) is 0.862. The summed E-state index contributed by atoms with van der Waals surface area (Å²) in [7, 11) is 0. The van der Waals surface area contributed by atoms with Crippen molar-refractivity contribution in [1.29, 1.82) is 0 Å². The first-order chi connectivity index (χ1) is 8.52. The summed E-state index contributed by atoms with van der Waals surface area (Å²) < 4.78 is 13.3. The Morgan fingerprint density at radius 3 is 2.44 bits per heavy atom. The fourth-order valence-corrected chi connectivity index (χ4v) is 2.39. The summed E-state index contributed by atoms with van der Waals surface area (Å²) in [4.78, 5) is 0. The molecule has 0 radical (unpaired) electrons. The molecule has 2 aromatic rings. The molecular formula is C15H15ClFN. The van der Waals surface area contributed by atoms with Gasteiger partial charge in [0.15, 0.2) is 0 Å². The van der Waals surface area contributed by atoms with Crippen molar-refractivity contribution in [2.45, 2.75) is 20.4 Å². The van der Waals surface area contributed by atoms with Gasteiger partial charge in [-0.2, -0.15) is 0 Å². The van der Waals surface area contributed by atoms with E-state index in [1.807, 2.05) is 25.1 Å². The molecule has 0 aliphatic rings. The molecule has 0 fully saturated rings. The lowest BCUT2D eigenvalue weighted by Gasteiger charge is -2.13. The highest BCUT2D eigenvalue weighted by Gasteiger charge is 2.09. The zero-order valence-corrected chi connectivity index (χ0v) is 11.2. The van der Waals surface area contributed by atoms with Crippen LogP contribution in [0.25, 0.3) is 11.1 Å². The van der Waals surface area contributed by atoms with Crippen molar-refractivity contribution in [1.82, 2.24) is 0 Å². The van der Waals surface area contributed by atoms with E-state index in [1.54, 1.807) is 13.0 Å². The summed E-state index contributed by atoms with van der Waals surface area (Å²) in [5.74, 6) is -0.202. The zero-order chi connectivity index (χ0) is 13.3. The monoisotopic (exact) mass is 263 g/mol. The molecule has 0 saturated carbocycles. The third kappa shape index (κ3) is 2.40. The molecule has 94 valence electrons. The summed E-state index contributed by atoms with van der Waals surface area (Å²) in [6.07, 6.45) is 0. The average Bonchev–Trinajstić information content (AvgIpc) is 2.32. The second-order valence-electron chi connectivity index (χ2n) is 4.42. The number of rotatable bonds is 2. The Kier molecular flexibility index (Phi) is 3.69. The Morgan fingerprint density at radius 2 is 1.83 bits per heavy atom. The van der Waals surface area contributed by atoms with Gasteiger partial charge in [0, 0.05) is 11.6 Å². The minimum absolute atomic E-state index is 0.202. The zero-order valence-electron chi connectivity index (χ0n) is 10.4. The normalized spacial score (nSPS) is 10.7. The Labute approximate surface area is 111 Å². The SMILES string of the molecule is Cc1cc(-c2cc(Cl)cc(C)c2CN)ccc1F. The van der Waals surface area contributed by atoms with Crippen LogP contribution in [0.15, 0.2) is 30.3 Å². The summed E-state index contributed by atoms with van der Waals surface area (Å²) in [6, 6.07) is 8.82. The highest BCUT2D eigenvalue weighted by Crippen LogP contribution is 2.30. The fourth-order valence-electron chi connectivity index (χ4n) is 2.11. The van der Waals surface area contributed by atoms with Gasteiger partial charge in [0.1, 0.15) is 5.82 Å². The van der Waals surface area contributed by atoms with Crippen molar-refractivity contribution in [2.24, 2.45) is 5.73 Å². The molecule has 2 rings (SSSR count). The van der Waals surface area contributed by atoms with Crippen LogP contribution < -0.4 is 5.73 Å². The third-order valence-electron chi connectivity index (χ3n) is 3.11. The van der Waals surface area contributed by atoms with Crippen LogP contribution in [0.1, 0.15) is 16.7 Å². The van der Waals surface area contributed by atoms with E-state index >= 15 is 0 Å². The maximum Gasteiger partial charge on any atom is 0.126 e. The van der Waals surface area contributed by atoms with Gasteiger partial charge in [0.05, 0.1) is 0 Å². The fraction of sp³-hybridized carbons (Fsp3) is 0.200. The van der Waals surface area contributed by atoms with Crippen LogP contribution in [0.2, 0.25) is 5.02 Å². The maximum absolute atomic E-state index is 13.3. The van der Waals surface area contributed by atoms with Gasteiger partial charge in [-0.3, -0.25) is 0 Å². The second-order valence-corrected chi connectivity index (χ2v) is 4.85. The number of benzene rings is 2. The molecule has 0 bridgehead atoms. The van der Waals surface area contributed by atoms with Crippen molar-refractivity contribution in [2.75, 3.05) is 0 Å². The Morgan fingerprint density at radius 1 is 1.11 bits per heavy atom. The highest BCUT2D eigenvalue weighted by molar-refractivity contribution is 6.31. The smallest absolute Gasteiger partial charge is 0.126 e. The lowest BCUT2D eigenvalue weighted by Crippen LogP contribution is -2.02. The summed E-state index contributed by atoms with van der Waals surface area (Å²) in [5, 5.41) is 0.668. The van der Waals surface area contributed by atoms with Gasteiger partial charge in [-0.05, 0) is 65.9 Å². The topological polar surface area (TPSA) is 26.0 Å². The van der Waals surface area contributed by atoms with Gasteiger partial charge in [-0.1, -0.05) is 17.7 Å². The van der Waals surface area contributed by atoms with Gasteiger partial charge in [-0.25, -0.2) is 4.39 Å². The first-order valence-electron chi connectivity index (χ1n) is 5.78. The molecule has 0 amide bonds. The van der Waals surface area contributed by atoms with Crippen LogP contribution in [-0.4, -0.2) is 0 Å². The van der Waals surface area contributed by atoms with Crippen LogP contribution in [0.4, 0.5) is 4.39 Å². The molecule has 0 unspecified atom stereocenters. The van der Waals surface area contributed by atoms with E-state index in [2.05, 4.69) is 0 Å². The largest absolute Gasteiger partial charge is 0.326 e. The number of halogens is 2. The van der Waals surface area contributed by atoms with Gasteiger partial charge in [-0.15, -0.1) is 0 Å². The van der Waals surface area contributed by atoms with E-state index in [0.717, 1.165) is 22.3 Å². The average molecular weight is 264 g/mol. The molecular weight excluding hydrogens is 249 g/mol. The van der Waals surface area contributed by atoms with E-state index in [1.165, 1.54) is 6.07 Å². The lowest BCUT2D eigenvalue weighted by atomic mass is 9.95. The van der Waals surface area contributed by atoms with E-state index in [0.29, 0.717) is 17.1 Å². The second kappa shape index (κ2) is 5.09. The van der Waals surface area contributed by atoms with E-state index in [9.17, 15) is 4.39 Å². The van der Waals surface area contributed by atoms with Crippen LogP contribution in [0.3, 0.4) is 0 Å². The van der Waals surface area contributed by atoms with Crippen LogP contribution in [-0.2, 0) is 6.54 Å². The van der Waals surface area contributed by atoms with Crippen LogP contribution in [0.5, 0.6) is 0 Å². The molecule has 0 spiro atoms. The maximum atomic E-state index is 13.3. The number of nitrogens with two attached hydrogens (primary N) is 1. The van der Waals surface area contributed by atoms with Crippen molar-refractivity contribution in [3.63, 3.8) is 0 Å². The number of hydrogen-bond acceptors (Lipinski definition) is 1. The molecule has 0 saturated heterocycles. The molecule has 2 aromatic carbocycles. The van der Waals surface area contributed by atoms with Crippen molar-refractivity contribution < 1.29 is 4.39 Å². The lowest BCUT2D eigenvalue weighted by molar-refractivity contribution is 0.619. The molecule has 0 aliphatic heterocycles. The molecule has 18 heavy (non-hydrogen) atoms. The molecule has 3 heteroatoms. The van der Waals surface area contributed by atoms with Crippen molar-refractivity contribution in [3.05, 3.63) is 57.9 Å². The molecule has 0 aliphatic carbocycles. The minimum Gasteiger partial charge on any atom is -0.326 e.